The fraction of sp³-hybridized carbons (Fsp3) is 0.778. The molecule has 5 N–H and O–H groups in total. The van der Waals surface area contributed by atoms with E-state index in [0.717, 1.165) is 0 Å². The lowest BCUT2D eigenvalue weighted by Gasteiger charge is -2.17. The van der Waals surface area contributed by atoms with Crippen LogP contribution in [0.3, 0.4) is 0 Å². The quantitative estimate of drug-likeness (QED) is 0.462. The first-order valence-electron chi connectivity index (χ1n) is 4.73. The van der Waals surface area contributed by atoms with E-state index in [4.69, 9.17) is 16.2 Å². The van der Waals surface area contributed by atoms with Crippen molar-refractivity contribution in [2.24, 2.45) is 11.5 Å². The first-order valence-corrected chi connectivity index (χ1v) is 4.73. The highest BCUT2D eigenvalue weighted by Gasteiger charge is 2.15. The molecule has 0 aromatic rings. The average molecular weight is 217 g/mol. The number of carbonyl (C=O) groups is 2. The van der Waals surface area contributed by atoms with Crippen molar-refractivity contribution in [1.82, 2.24) is 5.32 Å². The molecule has 0 spiro atoms. The van der Waals surface area contributed by atoms with Gasteiger partial charge in [0.05, 0.1) is 6.61 Å². The van der Waals surface area contributed by atoms with Crippen LogP contribution in [0.5, 0.6) is 0 Å². The Morgan fingerprint density at radius 2 is 2.00 bits per heavy atom. The van der Waals surface area contributed by atoms with E-state index in [0.29, 0.717) is 6.54 Å². The fourth-order valence-electron chi connectivity index (χ4n) is 0.912. The van der Waals surface area contributed by atoms with E-state index in [-0.39, 0.29) is 25.5 Å². The monoisotopic (exact) mass is 217 g/mol. The standard InChI is InChI=1S/C9H19N3O3/c1-9(2,11)5-8(14)12-3-4-15-6-7(10)13/h3-6,11H2,1-2H3,(H2,10,13)(H,12,14). The second-order valence-corrected chi connectivity index (χ2v) is 4.03. The summed E-state index contributed by atoms with van der Waals surface area (Å²) in [5.41, 5.74) is 9.99. The maximum absolute atomic E-state index is 11.2. The zero-order chi connectivity index (χ0) is 11.9. The lowest BCUT2D eigenvalue weighted by molar-refractivity contribution is -0.123. The molecule has 6 nitrogen and oxygen atoms in total. The Kier molecular flexibility index (Phi) is 5.88. The van der Waals surface area contributed by atoms with Gasteiger partial charge in [0.1, 0.15) is 6.61 Å². The molecule has 0 rings (SSSR count). The van der Waals surface area contributed by atoms with Crippen LogP contribution >= 0.6 is 0 Å². The average Bonchev–Trinajstić information content (AvgIpc) is 1.99. The highest BCUT2D eigenvalue weighted by atomic mass is 16.5. The minimum atomic E-state index is -0.524. The molecule has 0 atom stereocenters. The van der Waals surface area contributed by atoms with Crippen molar-refractivity contribution >= 4 is 11.8 Å². The molecule has 0 radical (unpaired) electrons. The second kappa shape index (κ2) is 6.36. The molecule has 0 aliphatic heterocycles. The van der Waals surface area contributed by atoms with Crippen LogP contribution in [-0.4, -0.2) is 37.1 Å². The lowest BCUT2D eigenvalue weighted by atomic mass is 10.0. The molecule has 2 amide bonds. The number of hydrogen-bond donors (Lipinski definition) is 3. The highest BCUT2D eigenvalue weighted by molar-refractivity contribution is 5.77. The van der Waals surface area contributed by atoms with E-state index >= 15 is 0 Å². The third-order valence-electron chi connectivity index (χ3n) is 1.43. The normalized spacial score (nSPS) is 11.1. The molecule has 0 aliphatic carbocycles. The summed E-state index contributed by atoms with van der Waals surface area (Å²) in [6.07, 6.45) is 0.253. The van der Waals surface area contributed by atoms with Gasteiger partial charge in [-0.25, -0.2) is 0 Å². The van der Waals surface area contributed by atoms with Gasteiger partial charge in [-0.1, -0.05) is 0 Å². The van der Waals surface area contributed by atoms with Gasteiger partial charge in [-0.05, 0) is 13.8 Å². The van der Waals surface area contributed by atoms with Crippen molar-refractivity contribution in [2.45, 2.75) is 25.8 Å². The van der Waals surface area contributed by atoms with Gasteiger partial charge in [0.15, 0.2) is 0 Å². The van der Waals surface area contributed by atoms with Gasteiger partial charge in [0.25, 0.3) is 0 Å². The second-order valence-electron chi connectivity index (χ2n) is 4.03. The van der Waals surface area contributed by atoms with Crippen molar-refractivity contribution in [1.29, 1.82) is 0 Å². The van der Waals surface area contributed by atoms with E-state index in [9.17, 15) is 9.59 Å². The van der Waals surface area contributed by atoms with Crippen molar-refractivity contribution < 1.29 is 14.3 Å². The molecule has 0 aromatic heterocycles. The minimum Gasteiger partial charge on any atom is -0.370 e. The Labute approximate surface area is 89.3 Å². The molecule has 88 valence electrons. The van der Waals surface area contributed by atoms with Gasteiger partial charge in [-0.15, -0.1) is 0 Å². The number of primary amides is 1. The summed E-state index contributed by atoms with van der Waals surface area (Å²) in [6.45, 7) is 4.03. The summed E-state index contributed by atoms with van der Waals surface area (Å²) in [5, 5.41) is 2.62. The summed E-state index contributed by atoms with van der Waals surface area (Å²) in [5.74, 6) is -0.658. The molecule has 0 unspecified atom stereocenters. The molecule has 0 aliphatic rings. The van der Waals surface area contributed by atoms with Crippen LogP contribution in [0.2, 0.25) is 0 Å². The van der Waals surface area contributed by atoms with Crippen LogP contribution in [0.25, 0.3) is 0 Å². The third-order valence-corrected chi connectivity index (χ3v) is 1.43. The molecule has 0 fully saturated rings. The lowest BCUT2D eigenvalue weighted by Crippen LogP contribution is -2.40. The van der Waals surface area contributed by atoms with E-state index in [2.05, 4.69) is 5.32 Å². The number of carbonyl (C=O) groups excluding carboxylic acids is 2. The number of rotatable bonds is 7. The highest BCUT2D eigenvalue weighted by Crippen LogP contribution is 2.01. The van der Waals surface area contributed by atoms with Crippen molar-refractivity contribution in [3.05, 3.63) is 0 Å². The minimum absolute atomic E-state index is 0.127. The summed E-state index contributed by atoms with van der Waals surface area (Å²) in [6, 6.07) is 0. The van der Waals surface area contributed by atoms with Crippen LogP contribution in [0.15, 0.2) is 0 Å². The Balaban J connectivity index is 3.44. The molecular weight excluding hydrogens is 198 g/mol. The first-order chi connectivity index (χ1) is 6.81. The Morgan fingerprint density at radius 1 is 1.40 bits per heavy atom. The summed E-state index contributed by atoms with van der Waals surface area (Å²) in [4.78, 5) is 21.5. The van der Waals surface area contributed by atoms with Crippen molar-refractivity contribution in [2.75, 3.05) is 19.8 Å². The molecule has 6 heteroatoms. The molecule has 0 bridgehead atoms. The van der Waals surface area contributed by atoms with Gasteiger partial charge in [0.2, 0.25) is 11.8 Å². The van der Waals surface area contributed by atoms with Crippen LogP contribution < -0.4 is 16.8 Å². The van der Waals surface area contributed by atoms with Crippen LogP contribution in [-0.2, 0) is 14.3 Å². The van der Waals surface area contributed by atoms with Gasteiger partial charge in [-0.2, -0.15) is 0 Å². The van der Waals surface area contributed by atoms with E-state index in [1.807, 2.05) is 0 Å². The molecule has 0 saturated carbocycles. The zero-order valence-electron chi connectivity index (χ0n) is 9.21. The Hall–Kier alpha value is -1.14. The van der Waals surface area contributed by atoms with Gasteiger partial charge in [-0.3, -0.25) is 9.59 Å². The summed E-state index contributed by atoms with van der Waals surface area (Å²) < 4.78 is 4.86. The molecule has 0 aromatic carbocycles. The van der Waals surface area contributed by atoms with Crippen molar-refractivity contribution in [3.8, 4) is 0 Å². The predicted molar refractivity (Wildman–Crippen MR) is 55.9 cm³/mol. The zero-order valence-corrected chi connectivity index (χ0v) is 9.21. The first kappa shape index (κ1) is 13.9. The topological polar surface area (TPSA) is 107 Å². The van der Waals surface area contributed by atoms with Gasteiger partial charge in [0, 0.05) is 18.5 Å². The Morgan fingerprint density at radius 3 is 2.47 bits per heavy atom. The molecule has 0 heterocycles. The maximum atomic E-state index is 11.2. The summed E-state index contributed by atoms with van der Waals surface area (Å²) in [7, 11) is 0. The van der Waals surface area contributed by atoms with Crippen LogP contribution in [0.4, 0.5) is 0 Å². The molecular formula is C9H19N3O3. The smallest absolute Gasteiger partial charge is 0.243 e. The number of hydrogen-bond acceptors (Lipinski definition) is 4. The van der Waals surface area contributed by atoms with E-state index in [1.165, 1.54) is 0 Å². The van der Waals surface area contributed by atoms with Gasteiger partial charge >= 0.3 is 0 Å². The Bertz CT molecular complexity index is 223. The number of nitrogens with one attached hydrogen (secondary N) is 1. The number of nitrogens with two attached hydrogens (primary N) is 2. The van der Waals surface area contributed by atoms with Crippen molar-refractivity contribution in [3.63, 3.8) is 0 Å². The summed E-state index contributed by atoms with van der Waals surface area (Å²) >= 11 is 0. The van der Waals surface area contributed by atoms with E-state index < -0.39 is 11.4 Å². The van der Waals surface area contributed by atoms with E-state index in [1.54, 1.807) is 13.8 Å². The number of ether oxygens (including phenoxy) is 1. The molecule has 0 saturated heterocycles. The number of amides is 2. The van der Waals surface area contributed by atoms with Crippen LogP contribution in [0.1, 0.15) is 20.3 Å². The SMILES string of the molecule is CC(C)(N)CC(=O)NCCOCC(N)=O. The maximum Gasteiger partial charge on any atom is 0.243 e. The largest absolute Gasteiger partial charge is 0.370 e. The van der Waals surface area contributed by atoms with Crippen LogP contribution in [0, 0.1) is 0 Å². The fourth-order valence-corrected chi connectivity index (χ4v) is 0.912. The van der Waals surface area contributed by atoms with Gasteiger partial charge < -0.3 is 21.5 Å². The molecule has 15 heavy (non-hydrogen) atoms. The third kappa shape index (κ3) is 10.8. The predicted octanol–water partition coefficient (Wildman–Crippen LogP) is -1.27.